The zero-order valence-corrected chi connectivity index (χ0v) is 16.0. The lowest BCUT2D eigenvalue weighted by molar-refractivity contribution is -0.151. The van der Waals surface area contributed by atoms with Crippen LogP contribution in [0.25, 0.3) is 11.1 Å². The summed E-state index contributed by atoms with van der Waals surface area (Å²) in [4.78, 5) is 16.6. The fourth-order valence-corrected chi connectivity index (χ4v) is 5.72. The molecule has 27 heavy (non-hydrogen) atoms. The van der Waals surface area contributed by atoms with E-state index in [0.29, 0.717) is 41.6 Å². The van der Waals surface area contributed by atoms with Crippen molar-refractivity contribution in [2.45, 2.75) is 23.7 Å². The standard InChI is InChI=1S/C18H18N2O5S2/c21-18(24-12-16-19-14-4-1-2-5-15(14)25-16)13-7-9-20(10-8-13)27(22,23)17-6-3-11-26-17/h1-6,11,13H,7-10,12H2. The Morgan fingerprint density at radius 3 is 2.70 bits per heavy atom. The summed E-state index contributed by atoms with van der Waals surface area (Å²) in [5, 5.41) is 1.74. The van der Waals surface area contributed by atoms with Crippen LogP contribution in [0.3, 0.4) is 0 Å². The van der Waals surface area contributed by atoms with Crippen LogP contribution in [0, 0.1) is 5.92 Å². The van der Waals surface area contributed by atoms with Gasteiger partial charge in [0.2, 0.25) is 5.89 Å². The van der Waals surface area contributed by atoms with Crippen LogP contribution >= 0.6 is 11.3 Å². The predicted molar refractivity (Wildman–Crippen MR) is 99.6 cm³/mol. The van der Waals surface area contributed by atoms with Crippen molar-refractivity contribution in [2.75, 3.05) is 13.1 Å². The number of rotatable bonds is 5. The molecule has 1 aromatic carbocycles. The SMILES string of the molecule is O=C(OCc1nc2ccccc2o1)C1CCN(S(=O)(=O)c2cccs2)CC1. The number of benzene rings is 1. The van der Waals surface area contributed by atoms with Gasteiger partial charge in [0.25, 0.3) is 10.0 Å². The molecule has 0 atom stereocenters. The third kappa shape index (κ3) is 3.76. The van der Waals surface area contributed by atoms with Crippen LogP contribution in [0.15, 0.2) is 50.4 Å². The predicted octanol–water partition coefficient (Wildman–Crippen LogP) is 3.03. The first-order valence-electron chi connectivity index (χ1n) is 8.59. The van der Waals surface area contributed by atoms with Crippen LogP contribution in [0.1, 0.15) is 18.7 Å². The summed E-state index contributed by atoms with van der Waals surface area (Å²) in [5.41, 5.74) is 1.37. The molecule has 0 radical (unpaired) electrons. The van der Waals surface area contributed by atoms with Crippen molar-refractivity contribution >= 4 is 38.4 Å². The fraction of sp³-hybridized carbons (Fsp3) is 0.333. The number of carbonyl (C=O) groups is 1. The van der Waals surface area contributed by atoms with Crippen LogP contribution in [-0.4, -0.2) is 36.8 Å². The Kier molecular flexibility index (Phi) is 4.98. The molecule has 3 aromatic rings. The molecule has 1 saturated heterocycles. The molecule has 1 aliphatic heterocycles. The topological polar surface area (TPSA) is 89.7 Å². The Hall–Kier alpha value is -2.23. The molecule has 142 valence electrons. The van der Waals surface area contributed by atoms with E-state index in [4.69, 9.17) is 9.15 Å². The monoisotopic (exact) mass is 406 g/mol. The van der Waals surface area contributed by atoms with E-state index in [1.165, 1.54) is 15.6 Å². The van der Waals surface area contributed by atoms with Gasteiger partial charge in [-0.1, -0.05) is 18.2 Å². The molecule has 0 spiro atoms. The molecule has 2 aromatic heterocycles. The quantitative estimate of drug-likeness (QED) is 0.605. The Bertz CT molecular complexity index is 1000. The highest BCUT2D eigenvalue weighted by Crippen LogP contribution is 2.27. The number of hydrogen-bond acceptors (Lipinski definition) is 7. The van der Waals surface area contributed by atoms with Crippen molar-refractivity contribution in [3.8, 4) is 0 Å². The number of piperidine rings is 1. The van der Waals surface area contributed by atoms with Gasteiger partial charge in [-0.3, -0.25) is 4.79 Å². The third-order valence-corrected chi connectivity index (χ3v) is 7.82. The number of sulfonamides is 1. The van der Waals surface area contributed by atoms with Crippen molar-refractivity contribution in [3.63, 3.8) is 0 Å². The molecule has 0 unspecified atom stereocenters. The Balaban J connectivity index is 1.32. The molecule has 0 N–H and O–H groups in total. The number of carbonyl (C=O) groups excluding carboxylic acids is 1. The number of oxazole rings is 1. The summed E-state index contributed by atoms with van der Waals surface area (Å²) < 4.78 is 37.7. The lowest BCUT2D eigenvalue weighted by Crippen LogP contribution is -2.40. The zero-order valence-electron chi connectivity index (χ0n) is 14.4. The number of hydrogen-bond donors (Lipinski definition) is 0. The average Bonchev–Trinajstić information content (AvgIpc) is 3.36. The Morgan fingerprint density at radius 1 is 1.22 bits per heavy atom. The van der Waals surface area contributed by atoms with Crippen molar-refractivity contribution < 1.29 is 22.4 Å². The number of thiophene rings is 1. The van der Waals surface area contributed by atoms with E-state index in [0.717, 1.165) is 5.52 Å². The summed E-state index contributed by atoms with van der Waals surface area (Å²) in [5.74, 6) is -0.308. The molecule has 1 aliphatic rings. The third-order valence-electron chi connectivity index (χ3n) is 4.55. The van der Waals surface area contributed by atoms with Gasteiger partial charge in [0.15, 0.2) is 12.2 Å². The second-order valence-electron chi connectivity index (χ2n) is 6.29. The molecule has 4 rings (SSSR count). The first-order valence-corrected chi connectivity index (χ1v) is 10.9. The van der Waals surface area contributed by atoms with Crippen LogP contribution in [0.2, 0.25) is 0 Å². The summed E-state index contributed by atoms with van der Waals surface area (Å²) in [7, 11) is -3.46. The molecule has 0 aliphatic carbocycles. The first kappa shape index (κ1) is 18.1. The van der Waals surface area contributed by atoms with Gasteiger partial charge in [-0.2, -0.15) is 4.31 Å². The van der Waals surface area contributed by atoms with E-state index in [1.807, 2.05) is 18.2 Å². The van der Waals surface area contributed by atoms with E-state index in [1.54, 1.807) is 23.6 Å². The van der Waals surface area contributed by atoms with Crippen LogP contribution in [0.5, 0.6) is 0 Å². The van der Waals surface area contributed by atoms with Gasteiger partial charge >= 0.3 is 5.97 Å². The second kappa shape index (κ2) is 7.41. The van der Waals surface area contributed by atoms with Gasteiger partial charge < -0.3 is 9.15 Å². The normalized spacial score (nSPS) is 16.6. The minimum Gasteiger partial charge on any atom is -0.455 e. The van der Waals surface area contributed by atoms with Crippen LogP contribution < -0.4 is 0 Å². The molecule has 9 heteroatoms. The highest BCUT2D eigenvalue weighted by molar-refractivity contribution is 7.91. The summed E-state index contributed by atoms with van der Waals surface area (Å²) in [6, 6.07) is 10.7. The van der Waals surface area contributed by atoms with Gasteiger partial charge in [0.05, 0.1) is 5.92 Å². The molecule has 0 amide bonds. The number of esters is 1. The minimum atomic E-state index is -3.46. The molecular formula is C18H18N2O5S2. The number of ether oxygens (including phenoxy) is 1. The van der Waals surface area contributed by atoms with Crippen LogP contribution in [0.4, 0.5) is 0 Å². The van der Waals surface area contributed by atoms with Gasteiger partial charge in [-0.15, -0.1) is 11.3 Å². The largest absolute Gasteiger partial charge is 0.455 e. The van der Waals surface area contributed by atoms with Gasteiger partial charge in [-0.25, -0.2) is 13.4 Å². The molecule has 7 nitrogen and oxygen atoms in total. The van der Waals surface area contributed by atoms with Crippen molar-refractivity contribution in [1.82, 2.24) is 9.29 Å². The first-order chi connectivity index (χ1) is 13.0. The van der Waals surface area contributed by atoms with E-state index >= 15 is 0 Å². The van der Waals surface area contributed by atoms with Crippen molar-refractivity contribution in [2.24, 2.45) is 5.92 Å². The van der Waals surface area contributed by atoms with Crippen LogP contribution in [-0.2, 0) is 26.2 Å². The average molecular weight is 406 g/mol. The maximum atomic E-state index is 12.5. The van der Waals surface area contributed by atoms with E-state index in [-0.39, 0.29) is 18.5 Å². The van der Waals surface area contributed by atoms with E-state index < -0.39 is 10.0 Å². The lowest BCUT2D eigenvalue weighted by Gasteiger charge is -2.29. The summed E-state index contributed by atoms with van der Waals surface area (Å²) in [6.07, 6.45) is 0.883. The Morgan fingerprint density at radius 2 is 2.00 bits per heavy atom. The maximum Gasteiger partial charge on any atom is 0.309 e. The van der Waals surface area contributed by atoms with Gasteiger partial charge in [0.1, 0.15) is 9.73 Å². The number of nitrogens with zero attached hydrogens (tertiary/aromatic N) is 2. The Labute approximate surface area is 160 Å². The van der Waals surface area contributed by atoms with Gasteiger partial charge in [0, 0.05) is 13.1 Å². The second-order valence-corrected chi connectivity index (χ2v) is 9.41. The van der Waals surface area contributed by atoms with E-state index in [2.05, 4.69) is 4.98 Å². The molecular weight excluding hydrogens is 388 g/mol. The van der Waals surface area contributed by atoms with Gasteiger partial charge in [-0.05, 0) is 36.4 Å². The molecule has 0 saturated carbocycles. The highest BCUT2D eigenvalue weighted by Gasteiger charge is 2.33. The van der Waals surface area contributed by atoms with E-state index in [9.17, 15) is 13.2 Å². The zero-order chi connectivity index (χ0) is 18.9. The number of para-hydroxylation sites is 2. The minimum absolute atomic E-state index is 0.0266. The highest BCUT2D eigenvalue weighted by atomic mass is 32.2. The smallest absolute Gasteiger partial charge is 0.309 e. The summed E-state index contributed by atoms with van der Waals surface area (Å²) >= 11 is 1.20. The van der Waals surface area contributed by atoms with Crippen molar-refractivity contribution in [3.05, 3.63) is 47.7 Å². The number of aromatic nitrogens is 1. The summed E-state index contributed by atoms with van der Waals surface area (Å²) in [6.45, 7) is 0.590. The maximum absolute atomic E-state index is 12.5. The molecule has 0 bridgehead atoms. The molecule has 1 fully saturated rings. The molecule has 3 heterocycles. The number of fused-ring (bicyclic) bond motifs is 1. The lowest BCUT2D eigenvalue weighted by atomic mass is 9.98. The van der Waals surface area contributed by atoms with Crippen molar-refractivity contribution in [1.29, 1.82) is 0 Å². The fourth-order valence-electron chi connectivity index (χ4n) is 3.10.